The zero-order chi connectivity index (χ0) is 14.0. The Morgan fingerprint density at radius 1 is 1.00 bits per heavy atom. The summed E-state index contributed by atoms with van der Waals surface area (Å²) < 4.78 is 8.15. The molecule has 0 aliphatic heterocycles. The van der Waals surface area contributed by atoms with E-state index in [0.717, 1.165) is 10.7 Å². The van der Waals surface area contributed by atoms with Crippen molar-refractivity contribution in [2.24, 2.45) is 0 Å². The van der Waals surface area contributed by atoms with E-state index >= 15 is 0 Å². The Morgan fingerprint density at radius 2 is 1.63 bits per heavy atom. The van der Waals surface area contributed by atoms with Crippen molar-refractivity contribution in [3.63, 3.8) is 0 Å². The Bertz CT molecular complexity index is 644. The van der Waals surface area contributed by atoms with Crippen LogP contribution in [0, 0.1) is 10.7 Å². The van der Waals surface area contributed by atoms with Crippen molar-refractivity contribution < 1.29 is 9.53 Å². The van der Waals surface area contributed by atoms with Crippen LogP contribution in [0.1, 0.15) is 10.4 Å². The summed E-state index contributed by atoms with van der Waals surface area (Å²) in [6.45, 7) is 0. The number of halogens is 3. The van der Waals surface area contributed by atoms with Crippen LogP contribution in [0.5, 0.6) is 5.75 Å². The second-order valence-corrected chi connectivity index (χ2v) is 7.05. The zero-order valence-corrected chi connectivity index (χ0v) is 16.0. The number of anilines is 1. The maximum atomic E-state index is 12.3. The first-order chi connectivity index (χ1) is 9.00. The van der Waals surface area contributed by atoms with Gasteiger partial charge in [-0.25, -0.2) is 4.79 Å². The molecule has 0 amide bonds. The fourth-order valence-corrected chi connectivity index (χ4v) is 3.76. The van der Waals surface area contributed by atoms with E-state index in [2.05, 4.69) is 67.8 Å². The highest BCUT2D eigenvalue weighted by Crippen LogP contribution is 2.27. The van der Waals surface area contributed by atoms with Gasteiger partial charge in [0.1, 0.15) is 0 Å². The lowest BCUT2D eigenvalue weighted by Crippen LogP contribution is -2.14. The number of ether oxygens (including phenoxy) is 1. The maximum absolute atomic E-state index is 12.3. The minimum atomic E-state index is -0.384. The summed E-state index contributed by atoms with van der Waals surface area (Å²) in [5, 5.41) is 0. The highest BCUT2D eigenvalue weighted by Gasteiger charge is 2.19. The Kier molecular flexibility index (Phi) is 5.29. The van der Waals surface area contributed by atoms with Crippen LogP contribution in [0.25, 0.3) is 0 Å². The molecule has 0 spiro atoms. The van der Waals surface area contributed by atoms with Crippen LogP contribution in [0.4, 0.5) is 5.69 Å². The SMILES string of the molecule is Nc1ccccc1OC(=O)c1c(I)ccc(I)c1I. The molecule has 0 saturated heterocycles. The van der Waals surface area contributed by atoms with Crippen LogP contribution in [0.15, 0.2) is 36.4 Å². The van der Waals surface area contributed by atoms with E-state index in [1.165, 1.54) is 0 Å². The molecule has 0 aromatic heterocycles. The molecule has 0 heterocycles. The topological polar surface area (TPSA) is 52.3 Å². The average Bonchev–Trinajstić information content (AvgIpc) is 2.37. The molecule has 0 fully saturated rings. The lowest BCUT2D eigenvalue weighted by Gasteiger charge is -2.10. The number of hydrogen-bond acceptors (Lipinski definition) is 3. The lowest BCUT2D eigenvalue weighted by atomic mass is 10.2. The number of nitrogen functional groups attached to an aromatic ring is 1. The van der Waals surface area contributed by atoms with Gasteiger partial charge in [-0.3, -0.25) is 0 Å². The fourth-order valence-electron chi connectivity index (χ4n) is 1.44. The largest absolute Gasteiger partial charge is 0.421 e. The normalized spacial score (nSPS) is 10.3. The standard InChI is InChI=1S/C13H8I3NO2/c14-7-5-6-8(15)12(16)11(7)13(18)19-10-4-2-1-3-9(10)17/h1-6H,17H2. The van der Waals surface area contributed by atoms with Crippen molar-refractivity contribution in [1.82, 2.24) is 0 Å². The number of carbonyl (C=O) groups is 1. The predicted molar refractivity (Wildman–Crippen MR) is 100 cm³/mol. The van der Waals surface area contributed by atoms with Crippen LogP contribution in [-0.2, 0) is 0 Å². The van der Waals surface area contributed by atoms with Crippen LogP contribution < -0.4 is 10.5 Å². The van der Waals surface area contributed by atoms with Gasteiger partial charge in [-0.05, 0) is 92.0 Å². The minimum Gasteiger partial charge on any atom is -0.421 e. The second-order valence-electron chi connectivity index (χ2n) is 3.65. The molecule has 2 rings (SSSR count). The van der Waals surface area contributed by atoms with Crippen molar-refractivity contribution >= 4 is 79.4 Å². The van der Waals surface area contributed by atoms with Crippen LogP contribution in [0.3, 0.4) is 0 Å². The zero-order valence-electron chi connectivity index (χ0n) is 9.49. The first kappa shape index (κ1) is 15.3. The summed E-state index contributed by atoms with van der Waals surface area (Å²) in [4.78, 5) is 12.3. The highest BCUT2D eigenvalue weighted by atomic mass is 127. The third-order valence-electron chi connectivity index (χ3n) is 2.37. The number of nitrogens with two attached hydrogens (primary N) is 1. The van der Waals surface area contributed by atoms with E-state index in [0.29, 0.717) is 17.0 Å². The Hall–Kier alpha value is -0.1000. The van der Waals surface area contributed by atoms with Gasteiger partial charge < -0.3 is 10.5 Å². The van der Waals surface area contributed by atoms with E-state index in [4.69, 9.17) is 10.5 Å². The summed E-state index contributed by atoms with van der Waals surface area (Å²) in [7, 11) is 0. The molecule has 0 aliphatic rings. The van der Waals surface area contributed by atoms with Gasteiger partial charge >= 0.3 is 5.97 Å². The quantitative estimate of drug-likeness (QED) is 0.187. The molecule has 0 bridgehead atoms. The molecule has 2 aromatic rings. The molecular weight excluding hydrogens is 583 g/mol. The number of esters is 1. The molecule has 0 atom stereocenters. The number of hydrogen-bond donors (Lipinski definition) is 1. The van der Waals surface area contributed by atoms with E-state index in [1.807, 2.05) is 12.1 Å². The van der Waals surface area contributed by atoms with E-state index in [9.17, 15) is 4.79 Å². The van der Waals surface area contributed by atoms with Gasteiger partial charge in [0.2, 0.25) is 0 Å². The molecule has 0 saturated carbocycles. The number of para-hydroxylation sites is 2. The Morgan fingerprint density at radius 3 is 2.32 bits per heavy atom. The molecule has 3 nitrogen and oxygen atoms in total. The summed E-state index contributed by atoms with van der Waals surface area (Å²) >= 11 is 6.48. The van der Waals surface area contributed by atoms with E-state index in [1.54, 1.807) is 24.3 Å². The molecular formula is C13H8I3NO2. The van der Waals surface area contributed by atoms with Crippen molar-refractivity contribution in [2.75, 3.05) is 5.73 Å². The van der Waals surface area contributed by atoms with Gasteiger partial charge in [0.05, 0.1) is 11.3 Å². The molecule has 0 radical (unpaired) electrons. The molecule has 0 aliphatic carbocycles. The molecule has 2 N–H and O–H groups in total. The van der Waals surface area contributed by atoms with Crippen LogP contribution in [0.2, 0.25) is 0 Å². The summed E-state index contributed by atoms with van der Waals surface area (Å²) in [5.74, 6) is 0.00294. The monoisotopic (exact) mass is 591 g/mol. The summed E-state index contributed by atoms with van der Waals surface area (Å²) in [6, 6.07) is 10.8. The van der Waals surface area contributed by atoms with Gasteiger partial charge in [-0.1, -0.05) is 12.1 Å². The van der Waals surface area contributed by atoms with Crippen LogP contribution in [-0.4, -0.2) is 5.97 Å². The van der Waals surface area contributed by atoms with Crippen molar-refractivity contribution in [1.29, 1.82) is 0 Å². The van der Waals surface area contributed by atoms with E-state index in [-0.39, 0.29) is 5.97 Å². The second kappa shape index (κ2) is 6.57. The first-order valence-corrected chi connectivity index (χ1v) is 8.44. The Labute approximate surface area is 151 Å². The smallest absolute Gasteiger partial charge is 0.345 e. The molecule has 6 heteroatoms. The molecule has 98 valence electrons. The molecule has 2 aromatic carbocycles. The molecule has 0 unspecified atom stereocenters. The summed E-state index contributed by atoms with van der Waals surface area (Å²) in [5.41, 5.74) is 6.80. The third-order valence-corrected chi connectivity index (χ3v) is 6.32. The van der Waals surface area contributed by atoms with Gasteiger partial charge in [-0.2, -0.15) is 0 Å². The number of benzene rings is 2. The molecule has 19 heavy (non-hydrogen) atoms. The minimum absolute atomic E-state index is 0.384. The van der Waals surface area contributed by atoms with Gasteiger partial charge in [0.25, 0.3) is 0 Å². The third kappa shape index (κ3) is 3.51. The summed E-state index contributed by atoms with van der Waals surface area (Å²) in [6.07, 6.45) is 0. The van der Waals surface area contributed by atoms with Gasteiger partial charge in [0.15, 0.2) is 5.75 Å². The van der Waals surface area contributed by atoms with Gasteiger partial charge in [0, 0.05) is 10.7 Å². The number of rotatable bonds is 2. The van der Waals surface area contributed by atoms with Crippen LogP contribution >= 0.6 is 67.8 Å². The predicted octanol–water partition coefficient (Wildman–Crippen LogP) is 4.30. The van der Waals surface area contributed by atoms with Crippen molar-refractivity contribution in [2.45, 2.75) is 0 Å². The fraction of sp³-hybridized carbons (Fsp3) is 0. The van der Waals surface area contributed by atoms with Crippen molar-refractivity contribution in [3.05, 3.63) is 52.7 Å². The maximum Gasteiger partial charge on any atom is 0.345 e. The average molecular weight is 591 g/mol. The first-order valence-electron chi connectivity index (χ1n) is 5.21. The highest BCUT2D eigenvalue weighted by molar-refractivity contribution is 14.1. The van der Waals surface area contributed by atoms with Gasteiger partial charge in [-0.15, -0.1) is 0 Å². The van der Waals surface area contributed by atoms with E-state index < -0.39 is 0 Å². The Balaban J connectivity index is 2.36. The van der Waals surface area contributed by atoms with Crippen molar-refractivity contribution in [3.8, 4) is 5.75 Å². The lowest BCUT2D eigenvalue weighted by molar-refractivity contribution is 0.0733. The number of carbonyl (C=O) groups excluding carboxylic acids is 1.